The number of hydrogen-bond acceptors (Lipinski definition) is 5. The summed E-state index contributed by atoms with van der Waals surface area (Å²) in [5.74, 6) is 0.600. The summed E-state index contributed by atoms with van der Waals surface area (Å²) in [6.45, 7) is -0.182. The van der Waals surface area contributed by atoms with Gasteiger partial charge in [-0.25, -0.2) is 15.0 Å². The molecular weight excluding hydrogens is 958 g/mol. The Balaban J connectivity index is 1.06. The Bertz CT molecular complexity index is 4330. The van der Waals surface area contributed by atoms with Crippen molar-refractivity contribution in [2.75, 3.05) is 9.80 Å². The second-order valence-corrected chi connectivity index (χ2v) is 20.9. The molecule has 79 heavy (non-hydrogen) atoms. The molecule has 0 saturated heterocycles. The molecule has 5 nitrogen and oxygen atoms in total. The second-order valence-electron chi connectivity index (χ2n) is 20.9. The van der Waals surface area contributed by atoms with Gasteiger partial charge in [0.25, 0.3) is 6.71 Å². The molecule has 0 aliphatic carbocycles. The van der Waals surface area contributed by atoms with Crippen molar-refractivity contribution in [2.45, 2.75) is 0 Å². The van der Waals surface area contributed by atoms with Crippen molar-refractivity contribution in [3.63, 3.8) is 0 Å². The summed E-state index contributed by atoms with van der Waals surface area (Å²) in [7, 11) is 0. The Labute approximate surface area is 458 Å². The van der Waals surface area contributed by atoms with Crippen molar-refractivity contribution in [2.24, 2.45) is 0 Å². The predicted octanol–water partition coefficient (Wildman–Crippen LogP) is 16.9. The van der Waals surface area contributed by atoms with Crippen LogP contribution in [0.2, 0.25) is 0 Å². The highest BCUT2D eigenvalue weighted by atomic mass is 15.2. The van der Waals surface area contributed by atoms with Crippen molar-refractivity contribution >= 4 is 100 Å². The first-order valence-corrected chi connectivity index (χ1v) is 27.0. The summed E-state index contributed by atoms with van der Waals surface area (Å²) in [6.07, 6.45) is 3.21. The van der Waals surface area contributed by atoms with E-state index in [1.165, 1.54) is 59.5 Å². The van der Waals surface area contributed by atoms with Crippen molar-refractivity contribution in [1.29, 1.82) is 0 Å². The van der Waals surface area contributed by atoms with E-state index >= 15 is 0 Å². The number of anilines is 6. The van der Waals surface area contributed by atoms with Crippen molar-refractivity contribution in [3.05, 3.63) is 280 Å². The topological polar surface area (TPSA) is 45.2 Å². The van der Waals surface area contributed by atoms with E-state index in [-0.39, 0.29) is 6.71 Å². The summed E-state index contributed by atoms with van der Waals surface area (Å²) in [4.78, 5) is 19.2. The summed E-state index contributed by atoms with van der Waals surface area (Å²) < 4.78 is 0. The van der Waals surface area contributed by atoms with Crippen LogP contribution in [0.4, 0.5) is 34.1 Å². The lowest BCUT2D eigenvalue weighted by Gasteiger charge is -2.45. The molecule has 0 radical (unpaired) electrons. The molecule has 2 aliphatic heterocycles. The molecule has 13 aromatic carbocycles. The largest absolute Gasteiger partial charge is 0.311 e. The third-order valence-electron chi connectivity index (χ3n) is 16.2. The van der Waals surface area contributed by atoms with Gasteiger partial charge in [0.15, 0.2) is 5.82 Å². The van der Waals surface area contributed by atoms with Crippen LogP contribution in [0.3, 0.4) is 0 Å². The maximum Gasteiger partial charge on any atom is 0.252 e. The summed E-state index contributed by atoms with van der Waals surface area (Å²) in [5, 5.41) is 9.60. The normalized spacial score (nSPS) is 12.5. The Hall–Kier alpha value is -10.4. The smallest absolute Gasteiger partial charge is 0.252 e. The van der Waals surface area contributed by atoms with Crippen molar-refractivity contribution in [3.8, 4) is 55.9 Å². The number of hydrogen-bond donors (Lipinski definition) is 0. The minimum absolute atomic E-state index is 0.182. The molecule has 0 unspecified atom stereocenters. The van der Waals surface area contributed by atoms with Gasteiger partial charge in [0.1, 0.15) is 12.7 Å². The van der Waals surface area contributed by atoms with Gasteiger partial charge < -0.3 is 9.80 Å². The van der Waals surface area contributed by atoms with Crippen molar-refractivity contribution < 1.29 is 0 Å². The zero-order valence-electron chi connectivity index (χ0n) is 42.9. The fourth-order valence-electron chi connectivity index (χ4n) is 12.6. The van der Waals surface area contributed by atoms with Crippen LogP contribution in [0.25, 0.3) is 99.0 Å². The van der Waals surface area contributed by atoms with Gasteiger partial charge in [-0.2, -0.15) is 0 Å². The molecule has 0 atom stereocenters. The quantitative estimate of drug-likeness (QED) is 0.118. The number of nitrogens with zero attached hydrogens (tertiary/aromatic N) is 5. The number of aromatic nitrogens is 3. The Morgan fingerprint density at radius 2 is 0.582 bits per heavy atom. The fourth-order valence-corrected chi connectivity index (χ4v) is 12.6. The van der Waals surface area contributed by atoms with E-state index in [4.69, 9.17) is 9.97 Å². The van der Waals surface area contributed by atoms with Gasteiger partial charge in [-0.05, 0) is 189 Å². The monoisotopic (exact) mass is 1000 g/mol. The highest BCUT2D eigenvalue weighted by Gasteiger charge is 2.44. The van der Waals surface area contributed by atoms with Crippen LogP contribution in [0.5, 0.6) is 0 Å². The van der Waals surface area contributed by atoms with Gasteiger partial charge in [0.05, 0.1) is 0 Å². The fraction of sp³-hybridized carbons (Fsp3) is 0. The number of benzene rings is 13. The number of fused-ring (bicyclic) bond motifs is 8. The highest BCUT2D eigenvalue weighted by molar-refractivity contribution is 7.00. The molecular formula is C73H46BN5. The average molecular weight is 1000 g/mol. The van der Waals surface area contributed by atoms with E-state index in [0.29, 0.717) is 5.82 Å². The lowest BCUT2D eigenvalue weighted by atomic mass is 9.33. The second kappa shape index (κ2) is 18.1. The van der Waals surface area contributed by atoms with Crippen LogP contribution in [-0.2, 0) is 0 Å². The minimum Gasteiger partial charge on any atom is -0.311 e. The molecule has 1 aromatic heterocycles. The molecule has 0 saturated carbocycles. The van der Waals surface area contributed by atoms with Gasteiger partial charge >= 0.3 is 0 Å². The predicted molar refractivity (Wildman–Crippen MR) is 331 cm³/mol. The molecule has 0 bridgehead atoms. The Kier molecular flexibility index (Phi) is 10.3. The van der Waals surface area contributed by atoms with Gasteiger partial charge in [0, 0.05) is 39.7 Å². The van der Waals surface area contributed by atoms with Gasteiger partial charge in [0.2, 0.25) is 0 Å². The van der Waals surface area contributed by atoms with E-state index in [1.807, 2.05) is 0 Å². The first kappa shape index (κ1) is 44.8. The SMILES string of the molecule is c1ccc(-c2cc(-c3ccccc3)cc(N3c4cc5cc6ccccc6cc5cc4B4c5cc6cc7ccccc7cc6cc5N(c5cc(-c6ccccc6)cc(-c6ccccc6)c5)c5cc(-c6ncncn6)cc3c54)c2)cc1. The molecule has 366 valence electrons. The van der Waals surface area contributed by atoms with E-state index in [9.17, 15) is 0 Å². The maximum atomic E-state index is 4.89. The van der Waals surface area contributed by atoms with Crippen LogP contribution >= 0.6 is 0 Å². The summed E-state index contributed by atoms with van der Waals surface area (Å²) in [6, 6.07) is 98.8. The maximum absolute atomic E-state index is 4.89. The van der Waals surface area contributed by atoms with E-state index < -0.39 is 0 Å². The van der Waals surface area contributed by atoms with Crippen LogP contribution < -0.4 is 26.2 Å². The molecule has 3 heterocycles. The molecule has 2 aliphatic rings. The van der Waals surface area contributed by atoms with Crippen LogP contribution in [0.1, 0.15) is 0 Å². The van der Waals surface area contributed by atoms with Gasteiger partial charge in [-0.15, -0.1) is 0 Å². The van der Waals surface area contributed by atoms with E-state index in [1.54, 1.807) is 12.7 Å². The lowest BCUT2D eigenvalue weighted by molar-refractivity contribution is 1.05. The average Bonchev–Trinajstić information content (AvgIpc) is 3.67. The van der Waals surface area contributed by atoms with Crippen LogP contribution in [0.15, 0.2) is 280 Å². The zero-order valence-corrected chi connectivity index (χ0v) is 42.9. The molecule has 0 amide bonds. The van der Waals surface area contributed by atoms with Crippen LogP contribution in [0, 0.1) is 0 Å². The zero-order chi connectivity index (χ0) is 52.0. The number of rotatable bonds is 7. The third-order valence-corrected chi connectivity index (χ3v) is 16.2. The molecule has 0 spiro atoms. The molecule has 16 rings (SSSR count). The molecule has 6 heteroatoms. The lowest BCUT2D eigenvalue weighted by Crippen LogP contribution is -2.61. The first-order valence-electron chi connectivity index (χ1n) is 27.0. The molecule has 0 fully saturated rings. The van der Waals surface area contributed by atoms with Gasteiger partial charge in [-0.1, -0.05) is 182 Å². The minimum atomic E-state index is -0.182. The third kappa shape index (κ3) is 7.60. The first-order chi connectivity index (χ1) is 39.1. The Morgan fingerprint density at radius 3 is 0.937 bits per heavy atom. The molecule has 14 aromatic rings. The Morgan fingerprint density at radius 1 is 0.253 bits per heavy atom. The van der Waals surface area contributed by atoms with Crippen molar-refractivity contribution in [1.82, 2.24) is 15.0 Å². The van der Waals surface area contributed by atoms with Crippen LogP contribution in [-0.4, -0.2) is 21.7 Å². The summed E-state index contributed by atoms with van der Waals surface area (Å²) >= 11 is 0. The van der Waals surface area contributed by atoms with Gasteiger partial charge in [-0.3, -0.25) is 0 Å². The van der Waals surface area contributed by atoms with E-state index in [2.05, 4.69) is 282 Å². The summed E-state index contributed by atoms with van der Waals surface area (Å²) in [5.41, 5.74) is 20.2. The molecule has 0 N–H and O–H groups in total. The highest BCUT2D eigenvalue weighted by Crippen LogP contribution is 2.49. The standard InChI is InChI=1S/C73H46BN5/c1-5-17-47(18-6-1)55-33-56(48-19-7-2-8-20-48)36-64(35-55)78-68-41-61-31-53-27-15-13-25-51(53)29-59(61)39-66(68)74-67-40-60-30-52-26-14-16-28-54(52)32-62(60)42-69(67)79(71-44-63(43-70(78)72(71)74)73-76-45-75-46-77-73)65-37-57(49-21-9-3-10-22-49)34-58(38-65)50-23-11-4-12-24-50/h1-46H. The van der Waals surface area contributed by atoms with E-state index in [0.717, 1.165) is 84.2 Å².